The number of nitrogens with zero attached hydrogens (tertiary/aromatic N) is 2. The summed E-state index contributed by atoms with van der Waals surface area (Å²) < 4.78 is 26.5. The molecule has 5 nitrogen and oxygen atoms in total. The second kappa shape index (κ2) is 5.23. The largest absolute Gasteiger partial charge is 0.361 e. The molecule has 2 aromatic heterocycles. The van der Waals surface area contributed by atoms with Gasteiger partial charge in [-0.3, -0.25) is 0 Å². The molecule has 0 atom stereocenters. The molecule has 0 spiro atoms. The summed E-state index contributed by atoms with van der Waals surface area (Å²) in [6, 6.07) is 0.720. The molecule has 0 saturated carbocycles. The fraction of sp³-hybridized carbons (Fsp3) is 0.200. The molecule has 2 aromatic rings. The Morgan fingerprint density at radius 3 is 2.67 bits per heavy atom. The van der Waals surface area contributed by atoms with E-state index in [1.165, 1.54) is 11.3 Å². The highest BCUT2D eigenvalue weighted by Crippen LogP contribution is 2.19. The number of nitrogens with two attached hydrogens (primary N) is 1. The normalized spacial score (nSPS) is 10.4. The summed E-state index contributed by atoms with van der Waals surface area (Å²) in [6.07, 6.45) is 1.73. The summed E-state index contributed by atoms with van der Waals surface area (Å²) in [7, 11) is 0. The molecular formula is C10H11F2N5S. The van der Waals surface area contributed by atoms with Crippen LogP contribution in [0.15, 0.2) is 12.3 Å². The Morgan fingerprint density at radius 2 is 2.06 bits per heavy atom. The van der Waals surface area contributed by atoms with Crippen molar-refractivity contribution in [1.82, 2.24) is 9.97 Å². The van der Waals surface area contributed by atoms with Crippen molar-refractivity contribution in [3.63, 3.8) is 0 Å². The van der Waals surface area contributed by atoms with Crippen LogP contribution in [0.2, 0.25) is 0 Å². The Morgan fingerprint density at radius 1 is 1.33 bits per heavy atom. The monoisotopic (exact) mass is 271 g/mol. The second-order valence-electron chi connectivity index (χ2n) is 3.51. The standard InChI is InChI=1S/C10H11F2N5S/c1-5-3-14-8(18-5)4-15-9-6(11)2-7(12)10(16-9)17-13/h2-3H,4,13H2,1H3,(H2,15,16,17). The number of thiazole rings is 1. The van der Waals surface area contributed by atoms with E-state index in [4.69, 9.17) is 5.84 Å². The second-order valence-corrected chi connectivity index (χ2v) is 4.83. The topological polar surface area (TPSA) is 75.9 Å². The van der Waals surface area contributed by atoms with Gasteiger partial charge in [0.25, 0.3) is 0 Å². The van der Waals surface area contributed by atoms with E-state index in [1.807, 2.05) is 6.92 Å². The van der Waals surface area contributed by atoms with Crippen molar-refractivity contribution in [2.75, 3.05) is 10.7 Å². The van der Waals surface area contributed by atoms with Crippen LogP contribution in [0.25, 0.3) is 0 Å². The van der Waals surface area contributed by atoms with Gasteiger partial charge in [-0.1, -0.05) is 0 Å². The van der Waals surface area contributed by atoms with Crippen molar-refractivity contribution in [1.29, 1.82) is 0 Å². The summed E-state index contributed by atoms with van der Waals surface area (Å²) in [6.45, 7) is 2.24. The number of aryl methyl sites for hydroxylation is 1. The lowest BCUT2D eigenvalue weighted by atomic mass is 10.4. The van der Waals surface area contributed by atoms with Crippen molar-refractivity contribution in [3.8, 4) is 0 Å². The lowest BCUT2D eigenvalue weighted by Crippen LogP contribution is -2.13. The van der Waals surface area contributed by atoms with Gasteiger partial charge < -0.3 is 10.7 Å². The van der Waals surface area contributed by atoms with Crippen LogP contribution in [0.5, 0.6) is 0 Å². The summed E-state index contributed by atoms with van der Waals surface area (Å²) in [5.74, 6) is 3.16. The number of aromatic nitrogens is 2. The van der Waals surface area contributed by atoms with Gasteiger partial charge in [0.05, 0.1) is 6.54 Å². The highest BCUT2D eigenvalue weighted by Gasteiger charge is 2.11. The fourth-order valence-electron chi connectivity index (χ4n) is 1.33. The highest BCUT2D eigenvalue weighted by molar-refractivity contribution is 7.11. The van der Waals surface area contributed by atoms with Crippen LogP contribution in [0.4, 0.5) is 20.4 Å². The number of pyridine rings is 1. The fourth-order valence-corrected chi connectivity index (χ4v) is 2.06. The molecule has 8 heteroatoms. The van der Waals surface area contributed by atoms with Crippen molar-refractivity contribution in [2.24, 2.45) is 5.84 Å². The third-order valence-corrected chi connectivity index (χ3v) is 3.06. The minimum absolute atomic E-state index is 0.0720. The molecule has 2 rings (SSSR count). The van der Waals surface area contributed by atoms with Gasteiger partial charge in [0, 0.05) is 17.1 Å². The third-order valence-electron chi connectivity index (χ3n) is 2.14. The van der Waals surface area contributed by atoms with E-state index in [2.05, 4.69) is 20.7 Å². The predicted octanol–water partition coefficient (Wildman–Crippen LogP) is 2.02. The first-order chi connectivity index (χ1) is 8.60. The average molecular weight is 271 g/mol. The van der Waals surface area contributed by atoms with Gasteiger partial charge in [0.2, 0.25) is 0 Å². The van der Waals surface area contributed by atoms with Crippen LogP contribution >= 0.6 is 11.3 Å². The molecule has 2 heterocycles. The maximum atomic E-state index is 13.4. The molecule has 4 N–H and O–H groups in total. The van der Waals surface area contributed by atoms with E-state index in [9.17, 15) is 8.78 Å². The maximum Gasteiger partial charge on any atom is 0.178 e. The van der Waals surface area contributed by atoms with E-state index in [-0.39, 0.29) is 11.6 Å². The van der Waals surface area contributed by atoms with E-state index in [0.717, 1.165) is 16.0 Å². The molecular weight excluding hydrogens is 260 g/mol. The molecule has 0 aromatic carbocycles. The van der Waals surface area contributed by atoms with Crippen molar-refractivity contribution in [3.05, 3.63) is 33.8 Å². The Hall–Kier alpha value is -1.80. The van der Waals surface area contributed by atoms with Crippen molar-refractivity contribution < 1.29 is 8.78 Å². The molecule has 0 saturated heterocycles. The van der Waals surface area contributed by atoms with Crippen LogP contribution in [-0.4, -0.2) is 9.97 Å². The lowest BCUT2D eigenvalue weighted by Gasteiger charge is -2.07. The molecule has 0 aliphatic heterocycles. The van der Waals surface area contributed by atoms with Gasteiger partial charge in [-0.05, 0) is 6.92 Å². The first-order valence-corrected chi connectivity index (χ1v) is 5.89. The minimum atomic E-state index is -0.842. The molecule has 0 aliphatic carbocycles. The quantitative estimate of drug-likeness (QED) is 0.586. The van der Waals surface area contributed by atoms with Gasteiger partial charge in [0.15, 0.2) is 23.3 Å². The Balaban J connectivity index is 2.13. The molecule has 0 bridgehead atoms. The molecule has 0 radical (unpaired) electrons. The van der Waals surface area contributed by atoms with Crippen molar-refractivity contribution >= 4 is 23.0 Å². The Labute approximate surface area is 106 Å². The van der Waals surface area contributed by atoms with E-state index in [0.29, 0.717) is 6.54 Å². The summed E-state index contributed by atoms with van der Waals surface area (Å²) >= 11 is 1.49. The van der Waals surface area contributed by atoms with E-state index in [1.54, 1.807) is 6.20 Å². The number of anilines is 2. The zero-order valence-corrected chi connectivity index (χ0v) is 10.3. The number of hydrogen-bond acceptors (Lipinski definition) is 6. The van der Waals surface area contributed by atoms with Gasteiger partial charge in [0.1, 0.15) is 5.01 Å². The Bertz CT molecular complexity index is 557. The molecule has 0 amide bonds. The van der Waals surface area contributed by atoms with Crippen LogP contribution in [-0.2, 0) is 6.54 Å². The van der Waals surface area contributed by atoms with Crippen LogP contribution in [0.3, 0.4) is 0 Å². The van der Waals surface area contributed by atoms with Gasteiger partial charge >= 0.3 is 0 Å². The van der Waals surface area contributed by atoms with Crippen LogP contribution < -0.4 is 16.6 Å². The first kappa shape index (κ1) is 12.7. The zero-order chi connectivity index (χ0) is 13.1. The molecule has 18 heavy (non-hydrogen) atoms. The number of nitrogen functional groups attached to an aromatic ring is 1. The highest BCUT2D eigenvalue weighted by atomic mass is 32.1. The number of rotatable bonds is 4. The predicted molar refractivity (Wildman–Crippen MR) is 66.1 cm³/mol. The first-order valence-electron chi connectivity index (χ1n) is 5.08. The number of hydrogen-bond donors (Lipinski definition) is 3. The van der Waals surface area contributed by atoms with Gasteiger partial charge in [-0.2, -0.15) is 0 Å². The number of hydrazine groups is 1. The smallest absolute Gasteiger partial charge is 0.178 e. The number of nitrogens with one attached hydrogen (secondary N) is 2. The summed E-state index contributed by atoms with van der Waals surface area (Å²) in [5.41, 5.74) is 2.06. The molecule has 0 aliphatic rings. The maximum absolute atomic E-state index is 13.4. The number of halogens is 2. The lowest BCUT2D eigenvalue weighted by molar-refractivity contribution is 0.578. The van der Waals surface area contributed by atoms with Gasteiger partial charge in [-0.25, -0.2) is 24.6 Å². The summed E-state index contributed by atoms with van der Waals surface area (Å²) in [4.78, 5) is 8.86. The summed E-state index contributed by atoms with van der Waals surface area (Å²) in [5, 5.41) is 3.54. The van der Waals surface area contributed by atoms with Crippen LogP contribution in [0.1, 0.15) is 9.88 Å². The van der Waals surface area contributed by atoms with Crippen LogP contribution in [0, 0.1) is 18.6 Å². The molecule has 0 unspecified atom stereocenters. The molecule has 0 fully saturated rings. The average Bonchev–Trinajstić information content (AvgIpc) is 2.74. The SMILES string of the molecule is Cc1cnc(CNc2nc(NN)c(F)cc2F)s1. The van der Waals surface area contributed by atoms with Gasteiger partial charge in [-0.15, -0.1) is 11.3 Å². The van der Waals surface area contributed by atoms with E-state index >= 15 is 0 Å². The van der Waals surface area contributed by atoms with Crippen molar-refractivity contribution in [2.45, 2.75) is 13.5 Å². The third kappa shape index (κ3) is 2.71. The minimum Gasteiger partial charge on any atom is -0.361 e. The zero-order valence-electron chi connectivity index (χ0n) is 9.50. The Kier molecular flexibility index (Phi) is 3.68. The molecule has 96 valence electrons. The van der Waals surface area contributed by atoms with E-state index < -0.39 is 11.6 Å².